The third-order valence-electron chi connectivity index (χ3n) is 4.77. The summed E-state index contributed by atoms with van der Waals surface area (Å²) < 4.78 is 19.3. The molecule has 1 aromatic carbocycles. The van der Waals surface area contributed by atoms with Crippen LogP contribution < -0.4 is 0 Å². The molecule has 0 aromatic heterocycles. The van der Waals surface area contributed by atoms with E-state index in [1.807, 2.05) is 0 Å². The van der Waals surface area contributed by atoms with Crippen LogP contribution >= 0.6 is 35.0 Å². The van der Waals surface area contributed by atoms with Gasteiger partial charge < -0.3 is 4.74 Å². The molecule has 25 heavy (non-hydrogen) atoms. The van der Waals surface area contributed by atoms with Gasteiger partial charge in [-0.3, -0.25) is 0 Å². The molecule has 1 heterocycles. The van der Waals surface area contributed by atoms with Crippen LogP contribution in [-0.4, -0.2) is 23.1 Å². The molecule has 1 aliphatic heterocycles. The Morgan fingerprint density at radius 1 is 1.28 bits per heavy atom. The molecule has 133 valence electrons. The summed E-state index contributed by atoms with van der Waals surface area (Å²) in [7, 11) is 3.30. The Bertz CT molecular complexity index is 661. The van der Waals surface area contributed by atoms with E-state index < -0.39 is 0 Å². The molecule has 4 unspecified atom stereocenters. The summed E-state index contributed by atoms with van der Waals surface area (Å²) in [6, 6.07) is 3.80. The monoisotopic (exact) mass is 474 g/mol. The Labute approximate surface area is 189 Å². The Kier molecular flexibility index (Phi) is 9.07. The first kappa shape index (κ1) is 22.0. The molecule has 0 amide bonds. The molecule has 2 aliphatic rings. The van der Waals surface area contributed by atoms with Crippen LogP contribution in [0.15, 0.2) is 17.0 Å². The van der Waals surface area contributed by atoms with E-state index in [4.69, 9.17) is 27.9 Å². The van der Waals surface area contributed by atoms with Crippen LogP contribution in [0.2, 0.25) is 0 Å². The van der Waals surface area contributed by atoms with Gasteiger partial charge in [-0.25, -0.2) is 11.5 Å². The molecular weight excluding hydrogens is 455 g/mol. The minimum atomic E-state index is -0.121. The second kappa shape index (κ2) is 10.3. The number of hydrogen-bond acceptors (Lipinski definition) is 2. The number of fused-ring (bicyclic) bond motifs is 1. The minimum Gasteiger partial charge on any atom is -0.546 e. The number of benzene rings is 1. The van der Waals surface area contributed by atoms with Gasteiger partial charge in [0.25, 0.3) is 0 Å². The van der Waals surface area contributed by atoms with Crippen LogP contribution in [0.25, 0.3) is 0 Å². The van der Waals surface area contributed by atoms with Crippen LogP contribution in [0, 0.1) is 30.7 Å². The van der Waals surface area contributed by atoms with Crippen LogP contribution in [0.1, 0.15) is 36.3 Å². The van der Waals surface area contributed by atoms with Gasteiger partial charge in [0.05, 0.1) is 6.61 Å². The summed E-state index contributed by atoms with van der Waals surface area (Å²) in [5.74, 6) is 7.05. The molecule has 1 nitrogen and oxygen atoms in total. The van der Waals surface area contributed by atoms with Gasteiger partial charge >= 0.3 is 0 Å². The number of ether oxygens (including phenoxy) is 1. The quantitative estimate of drug-likeness (QED) is 0.330. The molecular formula is C19H20Cl2FOSY-. The van der Waals surface area contributed by atoms with Crippen molar-refractivity contribution in [1.29, 1.82) is 0 Å². The van der Waals surface area contributed by atoms with Gasteiger partial charge in [0.15, 0.2) is 0 Å². The number of rotatable bonds is 3. The molecule has 0 N–H and O–H groups in total. The fraction of sp³-hybridized carbons (Fsp3) is 0.526. The maximum Gasteiger partial charge on any atom is 0.137 e. The van der Waals surface area contributed by atoms with Crippen molar-refractivity contribution in [3.63, 3.8) is 0 Å². The van der Waals surface area contributed by atoms with Crippen LogP contribution in [0.4, 0.5) is 4.39 Å². The Morgan fingerprint density at radius 3 is 2.84 bits per heavy atom. The van der Waals surface area contributed by atoms with Gasteiger partial charge in [0.2, 0.25) is 0 Å². The number of halogens is 3. The van der Waals surface area contributed by atoms with Gasteiger partial charge in [-0.05, 0) is 48.1 Å². The summed E-state index contributed by atoms with van der Waals surface area (Å²) in [5, 5.41) is -0.127. The SMILES string of the molecule is [CH2-]OCC#CCC1C(Cl)CC(Cl)C1c1cc(F)c2c(c1)CCCS2.[Y]. The van der Waals surface area contributed by atoms with E-state index in [1.165, 1.54) is 0 Å². The largest absolute Gasteiger partial charge is 0.546 e. The van der Waals surface area contributed by atoms with E-state index in [0.29, 0.717) is 13.0 Å². The number of thioether (sulfide) groups is 1. The zero-order chi connectivity index (χ0) is 17.1. The van der Waals surface area contributed by atoms with Crippen molar-refractivity contribution in [3.05, 3.63) is 36.2 Å². The average molecular weight is 475 g/mol. The van der Waals surface area contributed by atoms with Crippen molar-refractivity contribution >= 4 is 35.0 Å². The van der Waals surface area contributed by atoms with Crippen molar-refractivity contribution in [1.82, 2.24) is 0 Å². The summed E-state index contributed by atoms with van der Waals surface area (Å²) in [6.45, 7) is 0.305. The molecule has 1 aromatic rings. The number of aryl methyl sites for hydroxylation is 1. The van der Waals surface area contributed by atoms with E-state index in [1.54, 1.807) is 17.8 Å². The molecule has 1 aliphatic carbocycles. The van der Waals surface area contributed by atoms with E-state index in [2.05, 4.69) is 25.0 Å². The average Bonchev–Trinajstić information content (AvgIpc) is 2.85. The van der Waals surface area contributed by atoms with Crippen molar-refractivity contribution in [2.75, 3.05) is 12.4 Å². The van der Waals surface area contributed by atoms with Crippen molar-refractivity contribution in [3.8, 4) is 11.8 Å². The van der Waals surface area contributed by atoms with E-state index in [9.17, 15) is 4.39 Å². The maximum atomic E-state index is 14.5. The molecule has 1 fully saturated rings. The molecule has 6 heteroatoms. The van der Waals surface area contributed by atoms with E-state index in [-0.39, 0.29) is 61.1 Å². The first-order valence-corrected chi connectivity index (χ1v) is 10.0. The third-order valence-corrected chi connectivity index (χ3v) is 6.96. The Balaban J connectivity index is 0.00000225. The molecule has 1 radical (unpaired) electrons. The van der Waals surface area contributed by atoms with Gasteiger partial charge in [0.1, 0.15) is 5.82 Å². The Morgan fingerprint density at radius 2 is 2.08 bits per heavy atom. The van der Waals surface area contributed by atoms with Crippen molar-refractivity contribution in [2.24, 2.45) is 5.92 Å². The van der Waals surface area contributed by atoms with Crippen LogP contribution in [0.3, 0.4) is 0 Å². The van der Waals surface area contributed by atoms with Gasteiger partial charge in [-0.2, -0.15) is 0 Å². The van der Waals surface area contributed by atoms with Crippen LogP contribution in [-0.2, 0) is 43.9 Å². The van der Waals surface area contributed by atoms with Crippen molar-refractivity contribution < 1.29 is 41.8 Å². The second-order valence-corrected chi connectivity index (χ2v) is 8.53. The first-order chi connectivity index (χ1) is 11.6. The topological polar surface area (TPSA) is 9.23 Å². The zero-order valence-corrected chi connectivity index (χ0v) is 19.1. The molecule has 1 saturated carbocycles. The third kappa shape index (κ3) is 5.15. The predicted octanol–water partition coefficient (Wildman–Crippen LogP) is 5.38. The normalized spacial score (nSPS) is 27.8. The standard InChI is InChI=1S/C19H20Cl2FOS.Y/c1-23-7-3-2-6-14-15(20)11-16(21)18(14)13-9-12-5-4-8-24-19(12)17(22)10-13;/h9-10,14-16,18H,1,4-8,11H2;/q-1;. The maximum absolute atomic E-state index is 14.5. The van der Waals surface area contributed by atoms with Crippen LogP contribution in [0.5, 0.6) is 0 Å². The summed E-state index contributed by atoms with van der Waals surface area (Å²) in [5.41, 5.74) is 2.08. The molecule has 0 bridgehead atoms. The number of hydrogen-bond donors (Lipinski definition) is 0. The molecule has 4 atom stereocenters. The predicted molar refractivity (Wildman–Crippen MR) is 99.3 cm³/mol. The summed E-state index contributed by atoms with van der Waals surface area (Å²) >= 11 is 14.7. The van der Waals surface area contributed by atoms with Crippen molar-refractivity contribution in [2.45, 2.75) is 47.3 Å². The van der Waals surface area contributed by atoms with E-state index in [0.717, 1.165) is 41.0 Å². The fourth-order valence-corrected chi connectivity index (χ4v) is 5.77. The molecule has 0 saturated heterocycles. The van der Waals surface area contributed by atoms with E-state index >= 15 is 0 Å². The molecule has 0 spiro atoms. The number of alkyl halides is 2. The Hall–Kier alpha value is 0.704. The minimum absolute atomic E-state index is 0. The molecule has 3 rings (SSSR count). The second-order valence-electron chi connectivity index (χ2n) is 6.31. The summed E-state index contributed by atoms with van der Waals surface area (Å²) in [4.78, 5) is 0.806. The smallest absolute Gasteiger partial charge is 0.137 e. The fourth-order valence-electron chi connectivity index (χ4n) is 3.68. The van der Waals surface area contributed by atoms with Gasteiger partial charge in [-0.1, -0.05) is 12.0 Å². The first-order valence-electron chi connectivity index (χ1n) is 8.17. The van der Waals surface area contributed by atoms with Gasteiger partial charge in [-0.15, -0.1) is 40.9 Å². The van der Waals surface area contributed by atoms with Gasteiger partial charge in [0, 0.05) is 60.7 Å². The summed E-state index contributed by atoms with van der Waals surface area (Å²) in [6.07, 6.45) is 3.38. The zero-order valence-electron chi connectivity index (χ0n) is 13.9.